The molecule has 1 N–H and O–H groups in total. The first-order valence-corrected chi connectivity index (χ1v) is 7.65. The van der Waals surface area contributed by atoms with Gasteiger partial charge in [0.05, 0.1) is 0 Å². The van der Waals surface area contributed by atoms with Gasteiger partial charge in [-0.3, -0.25) is 0 Å². The molecule has 19 heavy (non-hydrogen) atoms. The average molecular weight is 289 g/mol. The van der Waals surface area contributed by atoms with E-state index in [9.17, 15) is 13.2 Å². The molecular formula is C14H18F3NS. The van der Waals surface area contributed by atoms with E-state index in [1.165, 1.54) is 12.1 Å². The summed E-state index contributed by atoms with van der Waals surface area (Å²) in [5, 5.41) is 2.71. The molecule has 1 saturated heterocycles. The molecule has 2 rings (SSSR count). The second kappa shape index (κ2) is 6.66. The maximum Gasteiger partial charge on any atom is 0.407 e. The summed E-state index contributed by atoms with van der Waals surface area (Å²) < 4.78 is 39.3. The standard InChI is InChI=1S/C14H18F3NS/c15-14(16,17)13(12-4-2-1-3-5-12)18-10-11-6-8-19-9-7-11/h1-5,11,13,18H,6-10H2. The van der Waals surface area contributed by atoms with Crippen molar-refractivity contribution >= 4 is 11.8 Å². The quantitative estimate of drug-likeness (QED) is 0.898. The Morgan fingerprint density at radius 2 is 1.79 bits per heavy atom. The second-order valence-electron chi connectivity index (χ2n) is 4.85. The molecule has 1 aliphatic heterocycles. The average Bonchev–Trinajstić information content (AvgIpc) is 2.40. The third kappa shape index (κ3) is 4.42. The third-order valence-corrected chi connectivity index (χ3v) is 4.46. The summed E-state index contributed by atoms with van der Waals surface area (Å²) >= 11 is 1.88. The summed E-state index contributed by atoms with van der Waals surface area (Å²) in [5.41, 5.74) is 0.292. The summed E-state index contributed by atoms with van der Waals surface area (Å²) in [7, 11) is 0. The van der Waals surface area contributed by atoms with Gasteiger partial charge in [0, 0.05) is 0 Å². The van der Waals surface area contributed by atoms with E-state index in [-0.39, 0.29) is 0 Å². The number of hydrogen-bond acceptors (Lipinski definition) is 2. The van der Waals surface area contributed by atoms with Gasteiger partial charge in [-0.2, -0.15) is 24.9 Å². The highest BCUT2D eigenvalue weighted by Gasteiger charge is 2.40. The third-order valence-electron chi connectivity index (χ3n) is 3.41. The van der Waals surface area contributed by atoms with Gasteiger partial charge in [-0.05, 0) is 42.4 Å². The molecule has 1 nitrogen and oxygen atoms in total. The molecule has 1 fully saturated rings. The lowest BCUT2D eigenvalue weighted by Gasteiger charge is -2.27. The van der Waals surface area contributed by atoms with Gasteiger partial charge in [-0.15, -0.1) is 0 Å². The van der Waals surface area contributed by atoms with Crippen LogP contribution in [0.25, 0.3) is 0 Å². The van der Waals surface area contributed by atoms with Crippen LogP contribution >= 0.6 is 11.8 Å². The van der Waals surface area contributed by atoms with Crippen LogP contribution in [0.2, 0.25) is 0 Å². The van der Waals surface area contributed by atoms with Crippen LogP contribution < -0.4 is 5.32 Å². The number of thioether (sulfide) groups is 1. The van der Waals surface area contributed by atoms with E-state index in [4.69, 9.17) is 0 Å². The maximum absolute atomic E-state index is 13.1. The summed E-state index contributed by atoms with van der Waals surface area (Å²) in [5.74, 6) is 2.50. The van der Waals surface area contributed by atoms with E-state index in [1.54, 1.807) is 18.2 Å². The van der Waals surface area contributed by atoms with Crippen LogP contribution in [0.3, 0.4) is 0 Å². The minimum Gasteiger partial charge on any atom is -0.302 e. The van der Waals surface area contributed by atoms with Crippen molar-refractivity contribution in [2.45, 2.75) is 25.1 Å². The van der Waals surface area contributed by atoms with Crippen molar-refractivity contribution in [1.82, 2.24) is 5.32 Å². The van der Waals surface area contributed by atoms with Crippen molar-refractivity contribution < 1.29 is 13.2 Å². The normalized spacial score (nSPS) is 19.3. The number of halogens is 3. The fourth-order valence-electron chi connectivity index (χ4n) is 2.30. The predicted molar refractivity (Wildman–Crippen MR) is 73.3 cm³/mol. The Morgan fingerprint density at radius 3 is 2.37 bits per heavy atom. The van der Waals surface area contributed by atoms with Gasteiger partial charge in [0.1, 0.15) is 6.04 Å². The van der Waals surface area contributed by atoms with Gasteiger partial charge in [0.25, 0.3) is 0 Å². The fraction of sp³-hybridized carbons (Fsp3) is 0.571. The van der Waals surface area contributed by atoms with Gasteiger partial charge in [0.15, 0.2) is 0 Å². The van der Waals surface area contributed by atoms with Crippen LogP contribution in [-0.4, -0.2) is 24.2 Å². The number of rotatable bonds is 4. The zero-order valence-corrected chi connectivity index (χ0v) is 11.4. The lowest BCUT2D eigenvalue weighted by Crippen LogP contribution is -2.37. The second-order valence-corrected chi connectivity index (χ2v) is 6.07. The first-order valence-electron chi connectivity index (χ1n) is 6.50. The first kappa shape index (κ1) is 14.7. The lowest BCUT2D eigenvalue weighted by atomic mass is 10.0. The van der Waals surface area contributed by atoms with Crippen LogP contribution in [0, 0.1) is 5.92 Å². The molecule has 0 aliphatic carbocycles. The SMILES string of the molecule is FC(F)(F)C(NCC1CCSCC1)c1ccccc1. The molecular weight excluding hydrogens is 271 g/mol. The van der Waals surface area contributed by atoms with E-state index >= 15 is 0 Å². The van der Waals surface area contributed by atoms with Gasteiger partial charge in [-0.1, -0.05) is 30.3 Å². The molecule has 0 saturated carbocycles. The Kier molecular flexibility index (Phi) is 5.16. The van der Waals surface area contributed by atoms with E-state index in [0.717, 1.165) is 24.3 Å². The number of alkyl halides is 3. The van der Waals surface area contributed by atoms with E-state index in [2.05, 4.69) is 5.32 Å². The molecule has 0 amide bonds. The van der Waals surface area contributed by atoms with Gasteiger partial charge >= 0.3 is 6.18 Å². The van der Waals surface area contributed by atoms with Crippen LogP contribution in [0.1, 0.15) is 24.4 Å². The van der Waals surface area contributed by atoms with Crippen LogP contribution in [0.5, 0.6) is 0 Å². The molecule has 1 heterocycles. The first-order chi connectivity index (χ1) is 9.07. The Balaban J connectivity index is 1.99. The monoisotopic (exact) mass is 289 g/mol. The summed E-state index contributed by atoms with van der Waals surface area (Å²) in [6.07, 6.45) is -2.22. The topological polar surface area (TPSA) is 12.0 Å². The molecule has 106 valence electrons. The Labute approximate surface area is 116 Å². The molecule has 0 bridgehead atoms. The summed E-state index contributed by atoms with van der Waals surface area (Å²) in [4.78, 5) is 0. The van der Waals surface area contributed by atoms with Crippen LogP contribution in [0.15, 0.2) is 30.3 Å². The van der Waals surface area contributed by atoms with E-state index < -0.39 is 12.2 Å². The van der Waals surface area contributed by atoms with Crippen LogP contribution in [0.4, 0.5) is 13.2 Å². The maximum atomic E-state index is 13.1. The molecule has 0 aromatic heterocycles. The zero-order chi connectivity index (χ0) is 13.7. The zero-order valence-electron chi connectivity index (χ0n) is 10.6. The summed E-state index contributed by atoms with van der Waals surface area (Å²) in [6, 6.07) is 6.53. The van der Waals surface area contributed by atoms with E-state index in [1.807, 2.05) is 11.8 Å². The van der Waals surface area contributed by atoms with Crippen molar-refractivity contribution in [2.75, 3.05) is 18.1 Å². The highest BCUT2D eigenvalue weighted by atomic mass is 32.2. The molecule has 1 aliphatic rings. The molecule has 1 aromatic rings. The minimum absolute atomic E-state index is 0.292. The minimum atomic E-state index is -4.25. The molecule has 1 aromatic carbocycles. The highest BCUT2D eigenvalue weighted by Crippen LogP contribution is 2.33. The molecule has 0 radical (unpaired) electrons. The lowest BCUT2D eigenvalue weighted by molar-refractivity contribution is -0.158. The largest absolute Gasteiger partial charge is 0.407 e. The molecule has 1 unspecified atom stereocenters. The van der Waals surface area contributed by atoms with Crippen molar-refractivity contribution in [3.63, 3.8) is 0 Å². The fourth-order valence-corrected chi connectivity index (χ4v) is 3.51. The number of benzene rings is 1. The van der Waals surface area contributed by atoms with Gasteiger partial charge in [-0.25, -0.2) is 0 Å². The van der Waals surface area contributed by atoms with Crippen molar-refractivity contribution in [2.24, 2.45) is 5.92 Å². The summed E-state index contributed by atoms with van der Waals surface area (Å²) in [6.45, 7) is 0.444. The van der Waals surface area contributed by atoms with Crippen molar-refractivity contribution in [3.8, 4) is 0 Å². The molecule has 5 heteroatoms. The highest BCUT2D eigenvalue weighted by molar-refractivity contribution is 7.99. The smallest absolute Gasteiger partial charge is 0.302 e. The Hall–Kier alpha value is -0.680. The Morgan fingerprint density at radius 1 is 1.16 bits per heavy atom. The predicted octanol–water partition coefficient (Wildman–Crippen LogP) is 4.02. The van der Waals surface area contributed by atoms with Crippen molar-refractivity contribution in [1.29, 1.82) is 0 Å². The van der Waals surface area contributed by atoms with Crippen LogP contribution in [-0.2, 0) is 0 Å². The number of nitrogens with one attached hydrogen (secondary N) is 1. The Bertz CT molecular complexity index is 374. The molecule has 1 atom stereocenters. The van der Waals surface area contributed by atoms with Crippen molar-refractivity contribution in [3.05, 3.63) is 35.9 Å². The number of hydrogen-bond donors (Lipinski definition) is 1. The molecule has 0 spiro atoms. The van der Waals surface area contributed by atoms with Gasteiger partial charge < -0.3 is 5.32 Å². The van der Waals surface area contributed by atoms with E-state index in [0.29, 0.717) is 18.0 Å². The van der Waals surface area contributed by atoms with Gasteiger partial charge in [0.2, 0.25) is 0 Å².